The van der Waals surface area contributed by atoms with Crippen molar-refractivity contribution in [3.05, 3.63) is 36.0 Å². The number of rotatable bonds is 4. The van der Waals surface area contributed by atoms with Crippen LogP contribution in [0.5, 0.6) is 0 Å². The fourth-order valence-electron chi connectivity index (χ4n) is 1.74. The van der Waals surface area contributed by atoms with Gasteiger partial charge in [0.05, 0.1) is 0 Å². The average molecular weight is 244 g/mol. The standard InChI is InChI=1S/C15H20N2O/c1-4-15(2,3)10-17-14(18)12-6-5-11-7-8-16-13(11)9-12/h5-9,16H,4,10H2,1-3H3,(H,17,18). The Labute approximate surface area is 108 Å². The molecule has 0 spiro atoms. The van der Waals surface area contributed by atoms with E-state index in [1.54, 1.807) is 0 Å². The number of aromatic amines is 1. The predicted molar refractivity (Wildman–Crippen MR) is 74.7 cm³/mol. The van der Waals surface area contributed by atoms with Gasteiger partial charge in [-0.05, 0) is 35.4 Å². The molecule has 1 heterocycles. The van der Waals surface area contributed by atoms with E-state index >= 15 is 0 Å². The van der Waals surface area contributed by atoms with Gasteiger partial charge in [0.2, 0.25) is 0 Å². The van der Waals surface area contributed by atoms with Gasteiger partial charge >= 0.3 is 0 Å². The molecule has 0 saturated heterocycles. The molecule has 2 aromatic rings. The normalized spacial score (nSPS) is 11.7. The van der Waals surface area contributed by atoms with Crippen LogP contribution in [0.1, 0.15) is 37.6 Å². The van der Waals surface area contributed by atoms with Gasteiger partial charge in [-0.2, -0.15) is 0 Å². The van der Waals surface area contributed by atoms with E-state index in [-0.39, 0.29) is 11.3 Å². The highest BCUT2D eigenvalue weighted by atomic mass is 16.1. The van der Waals surface area contributed by atoms with Crippen LogP contribution in [0, 0.1) is 5.41 Å². The third-order valence-corrected chi connectivity index (χ3v) is 3.50. The summed E-state index contributed by atoms with van der Waals surface area (Å²) >= 11 is 0. The molecular weight excluding hydrogens is 224 g/mol. The van der Waals surface area contributed by atoms with E-state index in [4.69, 9.17) is 0 Å². The van der Waals surface area contributed by atoms with Crippen molar-refractivity contribution in [2.24, 2.45) is 5.41 Å². The second kappa shape index (κ2) is 4.84. The number of H-pyrrole nitrogens is 1. The minimum Gasteiger partial charge on any atom is -0.361 e. The lowest BCUT2D eigenvalue weighted by atomic mass is 9.90. The lowest BCUT2D eigenvalue weighted by Crippen LogP contribution is -2.33. The zero-order valence-corrected chi connectivity index (χ0v) is 11.2. The van der Waals surface area contributed by atoms with Crippen LogP contribution in [0.15, 0.2) is 30.5 Å². The maximum absolute atomic E-state index is 12.0. The van der Waals surface area contributed by atoms with E-state index in [0.717, 1.165) is 17.3 Å². The molecule has 2 N–H and O–H groups in total. The topological polar surface area (TPSA) is 44.9 Å². The minimum absolute atomic E-state index is 0.00646. The maximum atomic E-state index is 12.0. The molecule has 3 nitrogen and oxygen atoms in total. The van der Waals surface area contributed by atoms with Crippen molar-refractivity contribution in [1.82, 2.24) is 10.3 Å². The molecular formula is C15H20N2O. The third kappa shape index (κ3) is 2.73. The first-order chi connectivity index (χ1) is 8.52. The van der Waals surface area contributed by atoms with Gasteiger partial charge in [0.25, 0.3) is 5.91 Å². The number of aromatic nitrogens is 1. The molecule has 0 aliphatic rings. The monoisotopic (exact) mass is 244 g/mol. The van der Waals surface area contributed by atoms with Crippen molar-refractivity contribution >= 4 is 16.8 Å². The summed E-state index contributed by atoms with van der Waals surface area (Å²) in [6, 6.07) is 7.72. The molecule has 0 aliphatic carbocycles. The Bertz CT molecular complexity index is 554. The predicted octanol–water partition coefficient (Wildman–Crippen LogP) is 3.33. The first kappa shape index (κ1) is 12.7. The molecule has 1 amide bonds. The van der Waals surface area contributed by atoms with Gasteiger partial charge in [0, 0.05) is 23.8 Å². The highest BCUT2D eigenvalue weighted by Gasteiger charge is 2.16. The average Bonchev–Trinajstić information content (AvgIpc) is 2.83. The number of hydrogen-bond acceptors (Lipinski definition) is 1. The van der Waals surface area contributed by atoms with Crippen LogP contribution in [-0.4, -0.2) is 17.4 Å². The van der Waals surface area contributed by atoms with Gasteiger partial charge in [-0.1, -0.05) is 26.8 Å². The van der Waals surface area contributed by atoms with Crippen molar-refractivity contribution in [3.8, 4) is 0 Å². The molecule has 96 valence electrons. The number of carbonyl (C=O) groups is 1. The second-order valence-corrected chi connectivity index (χ2v) is 5.48. The summed E-state index contributed by atoms with van der Waals surface area (Å²) in [5.41, 5.74) is 1.85. The lowest BCUT2D eigenvalue weighted by Gasteiger charge is -2.22. The Morgan fingerprint density at radius 3 is 2.83 bits per heavy atom. The Morgan fingerprint density at radius 2 is 2.11 bits per heavy atom. The van der Waals surface area contributed by atoms with Crippen LogP contribution in [0.3, 0.4) is 0 Å². The smallest absolute Gasteiger partial charge is 0.251 e. The summed E-state index contributed by atoms with van der Waals surface area (Å²) in [6.07, 6.45) is 2.93. The molecule has 1 aromatic carbocycles. The molecule has 0 radical (unpaired) electrons. The van der Waals surface area contributed by atoms with E-state index in [1.165, 1.54) is 0 Å². The molecule has 0 unspecified atom stereocenters. The van der Waals surface area contributed by atoms with E-state index in [0.29, 0.717) is 12.1 Å². The van der Waals surface area contributed by atoms with Crippen molar-refractivity contribution in [2.45, 2.75) is 27.2 Å². The molecule has 0 fully saturated rings. The second-order valence-electron chi connectivity index (χ2n) is 5.48. The Morgan fingerprint density at radius 1 is 1.33 bits per heavy atom. The van der Waals surface area contributed by atoms with E-state index in [1.807, 2.05) is 30.5 Å². The van der Waals surface area contributed by atoms with Crippen LogP contribution in [-0.2, 0) is 0 Å². The number of benzene rings is 1. The fourth-order valence-corrected chi connectivity index (χ4v) is 1.74. The summed E-state index contributed by atoms with van der Waals surface area (Å²) in [6.45, 7) is 7.14. The fraction of sp³-hybridized carbons (Fsp3) is 0.400. The van der Waals surface area contributed by atoms with Crippen LogP contribution < -0.4 is 5.32 Å². The number of fused-ring (bicyclic) bond motifs is 1. The van der Waals surface area contributed by atoms with E-state index in [2.05, 4.69) is 31.1 Å². The van der Waals surface area contributed by atoms with Gasteiger partial charge in [-0.3, -0.25) is 4.79 Å². The lowest BCUT2D eigenvalue weighted by molar-refractivity contribution is 0.0936. The van der Waals surface area contributed by atoms with Crippen molar-refractivity contribution in [3.63, 3.8) is 0 Å². The van der Waals surface area contributed by atoms with Crippen molar-refractivity contribution in [2.75, 3.05) is 6.54 Å². The summed E-state index contributed by atoms with van der Waals surface area (Å²) in [5, 5.41) is 4.12. The summed E-state index contributed by atoms with van der Waals surface area (Å²) in [5.74, 6) is -0.00646. The van der Waals surface area contributed by atoms with Gasteiger partial charge in [-0.15, -0.1) is 0 Å². The Balaban J connectivity index is 2.08. The molecule has 0 atom stereocenters. The number of carbonyl (C=O) groups excluding carboxylic acids is 1. The first-order valence-corrected chi connectivity index (χ1v) is 6.37. The first-order valence-electron chi connectivity index (χ1n) is 6.37. The summed E-state index contributed by atoms with van der Waals surface area (Å²) in [4.78, 5) is 15.2. The van der Waals surface area contributed by atoms with Crippen LogP contribution in [0.2, 0.25) is 0 Å². The molecule has 2 rings (SSSR count). The number of hydrogen-bond donors (Lipinski definition) is 2. The third-order valence-electron chi connectivity index (χ3n) is 3.50. The molecule has 0 saturated carbocycles. The van der Waals surface area contributed by atoms with Crippen LogP contribution in [0.25, 0.3) is 10.9 Å². The molecule has 3 heteroatoms. The molecule has 1 aromatic heterocycles. The van der Waals surface area contributed by atoms with Gasteiger partial charge in [0.15, 0.2) is 0 Å². The van der Waals surface area contributed by atoms with Crippen molar-refractivity contribution in [1.29, 1.82) is 0 Å². The van der Waals surface area contributed by atoms with Crippen LogP contribution >= 0.6 is 0 Å². The highest BCUT2D eigenvalue weighted by Crippen LogP contribution is 2.18. The number of amides is 1. The Hall–Kier alpha value is -1.77. The zero-order chi connectivity index (χ0) is 13.2. The molecule has 0 bridgehead atoms. The maximum Gasteiger partial charge on any atom is 0.251 e. The van der Waals surface area contributed by atoms with Gasteiger partial charge in [-0.25, -0.2) is 0 Å². The minimum atomic E-state index is -0.00646. The number of nitrogens with one attached hydrogen (secondary N) is 2. The highest BCUT2D eigenvalue weighted by molar-refractivity contribution is 5.97. The molecule has 0 aliphatic heterocycles. The zero-order valence-electron chi connectivity index (χ0n) is 11.2. The molecule has 18 heavy (non-hydrogen) atoms. The summed E-state index contributed by atoms with van der Waals surface area (Å²) < 4.78 is 0. The SMILES string of the molecule is CCC(C)(C)CNC(=O)c1ccc2cc[nH]c2c1. The van der Waals surface area contributed by atoms with Gasteiger partial charge < -0.3 is 10.3 Å². The van der Waals surface area contributed by atoms with Gasteiger partial charge in [0.1, 0.15) is 0 Å². The summed E-state index contributed by atoms with van der Waals surface area (Å²) in [7, 11) is 0. The quantitative estimate of drug-likeness (QED) is 0.851. The van der Waals surface area contributed by atoms with E-state index in [9.17, 15) is 4.79 Å². The Kier molecular flexibility index (Phi) is 3.41. The van der Waals surface area contributed by atoms with Crippen molar-refractivity contribution < 1.29 is 4.79 Å². The van der Waals surface area contributed by atoms with Crippen LogP contribution in [0.4, 0.5) is 0 Å². The van der Waals surface area contributed by atoms with E-state index < -0.39 is 0 Å². The largest absolute Gasteiger partial charge is 0.361 e.